The van der Waals surface area contributed by atoms with Crippen LogP contribution in [-0.2, 0) is 0 Å². The summed E-state index contributed by atoms with van der Waals surface area (Å²) in [5.41, 5.74) is 2.06. The van der Waals surface area contributed by atoms with Crippen molar-refractivity contribution in [3.8, 4) is 5.75 Å². The third-order valence-electron chi connectivity index (χ3n) is 1.96. The van der Waals surface area contributed by atoms with Crippen LogP contribution >= 0.6 is 28.1 Å². The van der Waals surface area contributed by atoms with Crippen LogP contribution in [0.2, 0.25) is 0 Å². The molecule has 0 amide bonds. The zero-order valence-corrected chi connectivity index (χ0v) is 9.46. The van der Waals surface area contributed by atoms with Gasteiger partial charge in [0.05, 0.1) is 5.69 Å². The number of anilines is 1. The topological polar surface area (TPSA) is 21.3 Å². The number of thiocarbonyl (C=S) groups is 1. The van der Waals surface area contributed by atoms with Crippen molar-refractivity contribution in [2.24, 2.45) is 0 Å². The molecule has 1 aliphatic rings. The molecule has 68 valence electrons. The van der Waals surface area contributed by atoms with E-state index in [4.69, 9.17) is 17.0 Å². The number of ether oxygens (including phenoxy) is 1. The molecule has 1 aromatic carbocycles. The maximum absolute atomic E-state index is 5.51. The maximum atomic E-state index is 5.51. The normalized spacial score (nSPS) is 14.5. The van der Waals surface area contributed by atoms with E-state index in [1.807, 2.05) is 19.1 Å². The van der Waals surface area contributed by atoms with Crippen molar-refractivity contribution in [2.45, 2.75) is 6.92 Å². The van der Waals surface area contributed by atoms with Gasteiger partial charge < -0.3 is 10.1 Å². The molecular weight excluding hydrogens is 250 g/mol. The standard InChI is InChI=1S/C9H8BrNOS/c1-5-6(10)2-3-7-9(5)12-4-8(13)11-7/h2-3H,4H2,1H3,(H,11,13). The van der Waals surface area contributed by atoms with Crippen LogP contribution in [0.15, 0.2) is 16.6 Å². The zero-order chi connectivity index (χ0) is 9.42. The van der Waals surface area contributed by atoms with E-state index in [1.54, 1.807) is 0 Å². The molecule has 0 radical (unpaired) electrons. The first kappa shape index (κ1) is 8.97. The fourth-order valence-corrected chi connectivity index (χ4v) is 1.76. The van der Waals surface area contributed by atoms with Gasteiger partial charge in [-0.2, -0.15) is 0 Å². The van der Waals surface area contributed by atoms with Crippen molar-refractivity contribution in [1.29, 1.82) is 0 Å². The van der Waals surface area contributed by atoms with Crippen LogP contribution in [0.25, 0.3) is 0 Å². The molecule has 2 rings (SSSR count). The lowest BCUT2D eigenvalue weighted by atomic mass is 10.2. The Hall–Kier alpha value is -0.610. The average Bonchev–Trinajstić information content (AvgIpc) is 2.12. The second kappa shape index (κ2) is 3.27. The molecular formula is C9H8BrNOS. The summed E-state index contributed by atoms with van der Waals surface area (Å²) >= 11 is 8.46. The Morgan fingerprint density at radius 1 is 1.54 bits per heavy atom. The van der Waals surface area contributed by atoms with Crippen LogP contribution in [0.5, 0.6) is 5.75 Å². The molecule has 1 aromatic rings. The van der Waals surface area contributed by atoms with Gasteiger partial charge in [0, 0.05) is 10.0 Å². The highest BCUT2D eigenvalue weighted by molar-refractivity contribution is 9.10. The molecule has 0 aromatic heterocycles. The minimum Gasteiger partial charge on any atom is -0.484 e. The molecule has 0 aliphatic carbocycles. The van der Waals surface area contributed by atoms with Gasteiger partial charge in [-0.25, -0.2) is 0 Å². The van der Waals surface area contributed by atoms with Crippen molar-refractivity contribution >= 4 is 38.8 Å². The van der Waals surface area contributed by atoms with Crippen LogP contribution in [0.1, 0.15) is 5.56 Å². The highest BCUT2D eigenvalue weighted by Gasteiger charge is 2.16. The Kier molecular flexibility index (Phi) is 2.26. The van der Waals surface area contributed by atoms with Gasteiger partial charge in [0.2, 0.25) is 0 Å². The second-order valence-electron chi connectivity index (χ2n) is 2.89. The summed E-state index contributed by atoms with van der Waals surface area (Å²) in [7, 11) is 0. The summed E-state index contributed by atoms with van der Waals surface area (Å²) in [4.78, 5) is 0.731. The van der Waals surface area contributed by atoms with Crippen LogP contribution in [0, 0.1) is 6.92 Å². The van der Waals surface area contributed by atoms with E-state index >= 15 is 0 Å². The molecule has 1 heterocycles. The summed E-state index contributed by atoms with van der Waals surface area (Å²) in [6.07, 6.45) is 0. The largest absolute Gasteiger partial charge is 0.484 e. The number of halogens is 1. The Morgan fingerprint density at radius 3 is 3.08 bits per heavy atom. The molecule has 2 nitrogen and oxygen atoms in total. The molecule has 1 aliphatic heterocycles. The molecule has 0 bridgehead atoms. The lowest BCUT2D eigenvalue weighted by Gasteiger charge is -2.21. The fourth-order valence-electron chi connectivity index (χ4n) is 1.28. The summed E-state index contributed by atoms with van der Waals surface area (Å²) in [6.45, 7) is 2.48. The average molecular weight is 258 g/mol. The first-order valence-corrected chi connectivity index (χ1v) is 5.10. The summed E-state index contributed by atoms with van der Waals surface area (Å²) in [5.74, 6) is 0.892. The Balaban J connectivity index is 2.53. The molecule has 4 heteroatoms. The van der Waals surface area contributed by atoms with E-state index in [9.17, 15) is 0 Å². The van der Waals surface area contributed by atoms with Crippen molar-refractivity contribution in [3.05, 3.63) is 22.2 Å². The van der Waals surface area contributed by atoms with Crippen molar-refractivity contribution < 1.29 is 4.74 Å². The van der Waals surface area contributed by atoms with Crippen molar-refractivity contribution in [2.75, 3.05) is 11.9 Å². The number of nitrogens with one attached hydrogen (secondary N) is 1. The highest BCUT2D eigenvalue weighted by atomic mass is 79.9. The summed E-state index contributed by atoms with van der Waals surface area (Å²) < 4.78 is 6.57. The molecule has 0 saturated carbocycles. The second-order valence-corrected chi connectivity index (χ2v) is 4.23. The van der Waals surface area contributed by atoms with Crippen LogP contribution in [0.4, 0.5) is 5.69 Å². The number of fused-ring (bicyclic) bond motifs is 1. The van der Waals surface area contributed by atoms with E-state index in [0.29, 0.717) is 6.61 Å². The van der Waals surface area contributed by atoms with Gasteiger partial charge in [-0.1, -0.05) is 28.1 Å². The first-order valence-electron chi connectivity index (χ1n) is 3.90. The lowest BCUT2D eigenvalue weighted by molar-refractivity contribution is 0.372. The minimum atomic E-state index is 0.472. The Bertz CT molecular complexity index is 378. The van der Waals surface area contributed by atoms with Gasteiger partial charge in [0.1, 0.15) is 17.3 Å². The molecule has 0 unspecified atom stereocenters. The highest BCUT2D eigenvalue weighted by Crippen LogP contribution is 2.35. The van der Waals surface area contributed by atoms with Crippen LogP contribution < -0.4 is 10.1 Å². The lowest BCUT2D eigenvalue weighted by Crippen LogP contribution is -2.24. The fraction of sp³-hybridized carbons (Fsp3) is 0.222. The molecule has 0 saturated heterocycles. The Morgan fingerprint density at radius 2 is 2.31 bits per heavy atom. The Labute approximate surface area is 90.4 Å². The zero-order valence-electron chi connectivity index (χ0n) is 7.06. The molecule has 13 heavy (non-hydrogen) atoms. The molecule has 0 spiro atoms. The van der Waals surface area contributed by atoms with Crippen molar-refractivity contribution in [1.82, 2.24) is 0 Å². The van der Waals surface area contributed by atoms with Gasteiger partial charge in [0.25, 0.3) is 0 Å². The third kappa shape index (κ3) is 1.56. The predicted molar refractivity (Wildman–Crippen MR) is 60.6 cm³/mol. The van der Waals surface area contributed by atoms with Gasteiger partial charge in [-0.05, 0) is 19.1 Å². The molecule has 1 N–H and O–H groups in total. The quantitative estimate of drug-likeness (QED) is 0.723. The molecule has 0 fully saturated rings. The van der Waals surface area contributed by atoms with Gasteiger partial charge >= 0.3 is 0 Å². The number of hydrogen-bond acceptors (Lipinski definition) is 2. The van der Waals surface area contributed by atoms with Gasteiger partial charge in [0.15, 0.2) is 0 Å². The predicted octanol–water partition coefficient (Wildman–Crippen LogP) is 2.89. The SMILES string of the molecule is Cc1c(Br)ccc2c1OCC(=S)N2. The van der Waals surface area contributed by atoms with Gasteiger partial charge in [-0.15, -0.1) is 0 Å². The smallest absolute Gasteiger partial charge is 0.147 e. The first-order chi connectivity index (χ1) is 6.18. The van der Waals surface area contributed by atoms with E-state index in [1.165, 1.54) is 0 Å². The number of benzene rings is 1. The molecule has 0 atom stereocenters. The summed E-state index contributed by atoms with van der Waals surface area (Å²) in [6, 6.07) is 3.94. The third-order valence-corrected chi connectivity index (χ3v) is 3.04. The maximum Gasteiger partial charge on any atom is 0.147 e. The van der Waals surface area contributed by atoms with Gasteiger partial charge in [-0.3, -0.25) is 0 Å². The van der Waals surface area contributed by atoms with E-state index in [0.717, 1.165) is 26.5 Å². The summed E-state index contributed by atoms with van der Waals surface area (Å²) in [5, 5.41) is 3.11. The van der Waals surface area contributed by atoms with Crippen molar-refractivity contribution in [3.63, 3.8) is 0 Å². The number of hydrogen-bond donors (Lipinski definition) is 1. The number of rotatable bonds is 0. The van der Waals surface area contributed by atoms with Crippen LogP contribution in [0.3, 0.4) is 0 Å². The van der Waals surface area contributed by atoms with E-state index in [2.05, 4.69) is 21.2 Å². The van der Waals surface area contributed by atoms with Crippen LogP contribution in [-0.4, -0.2) is 11.6 Å². The minimum absolute atomic E-state index is 0.472. The van der Waals surface area contributed by atoms with E-state index in [-0.39, 0.29) is 0 Å². The monoisotopic (exact) mass is 257 g/mol. The van der Waals surface area contributed by atoms with E-state index < -0.39 is 0 Å².